The van der Waals surface area contributed by atoms with Crippen molar-refractivity contribution in [2.45, 2.75) is 4.90 Å². The van der Waals surface area contributed by atoms with Crippen LogP contribution in [0.2, 0.25) is 0 Å². The molecule has 0 unspecified atom stereocenters. The number of benzene rings is 1. The minimum Gasteiger partial charge on any atom is -0.480 e. The second-order valence-corrected chi connectivity index (χ2v) is 6.84. The van der Waals surface area contributed by atoms with E-state index in [1.54, 1.807) is 18.2 Å². The number of aromatic nitrogens is 3. The molecule has 0 fully saturated rings. The topological polar surface area (TPSA) is 74.1 Å². The molecule has 108 valence electrons. The van der Waals surface area contributed by atoms with Crippen molar-refractivity contribution in [3.05, 3.63) is 47.3 Å². The van der Waals surface area contributed by atoms with Crippen LogP contribution < -0.4 is 4.74 Å². The molecule has 8 heteroatoms. The van der Waals surface area contributed by atoms with Gasteiger partial charge in [0.1, 0.15) is 6.33 Å². The molecule has 0 N–H and O–H groups in total. The third kappa shape index (κ3) is 2.20. The van der Waals surface area contributed by atoms with Gasteiger partial charge in [0.2, 0.25) is 5.88 Å². The summed E-state index contributed by atoms with van der Waals surface area (Å²) in [6.45, 7) is 0. The Morgan fingerprint density at radius 3 is 2.57 bits per heavy atom. The first-order chi connectivity index (χ1) is 10.1. The van der Waals surface area contributed by atoms with E-state index in [0.717, 1.165) is 3.97 Å². The van der Waals surface area contributed by atoms with E-state index < -0.39 is 10.0 Å². The lowest BCUT2D eigenvalue weighted by atomic mass is 10.4. The Hall–Kier alpha value is -1.93. The van der Waals surface area contributed by atoms with Crippen molar-refractivity contribution >= 4 is 37.0 Å². The monoisotopic (exact) mass is 367 g/mol. The van der Waals surface area contributed by atoms with E-state index in [1.807, 2.05) is 0 Å². The second-order valence-electron chi connectivity index (χ2n) is 4.17. The van der Waals surface area contributed by atoms with E-state index in [-0.39, 0.29) is 10.5 Å². The highest BCUT2D eigenvalue weighted by Crippen LogP contribution is 2.33. The molecule has 0 spiro atoms. The maximum atomic E-state index is 12.7. The van der Waals surface area contributed by atoms with Crippen molar-refractivity contribution < 1.29 is 13.2 Å². The van der Waals surface area contributed by atoms with Gasteiger partial charge in [-0.25, -0.2) is 22.4 Å². The predicted molar refractivity (Wildman–Crippen MR) is 80.8 cm³/mol. The number of ether oxygens (including phenoxy) is 1. The van der Waals surface area contributed by atoms with Gasteiger partial charge < -0.3 is 4.74 Å². The van der Waals surface area contributed by atoms with Gasteiger partial charge >= 0.3 is 0 Å². The molecule has 0 radical (unpaired) electrons. The molecule has 3 rings (SSSR count). The van der Waals surface area contributed by atoms with Gasteiger partial charge in [-0.1, -0.05) is 18.2 Å². The summed E-state index contributed by atoms with van der Waals surface area (Å²) in [4.78, 5) is 8.23. The molecule has 0 saturated heterocycles. The average Bonchev–Trinajstić information content (AvgIpc) is 2.86. The minimum absolute atomic E-state index is 0.187. The van der Waals surface area contributed by atoms with Gasteiger partial charge in [0.15, 0.2) is 5.65 Å². The molecule has 0 saturated carbocycles. The van der Waals surface area contributed by atoms with Crippen LogP contribution in [0.1, 0.15) is 0 Å². The van der Waals surface area contributed by atoms with Crippen molar-refractivity contribution in [1.29, 1.82) is 0 Å². The van der Waals surface area contributed by atoms with Crippen molar-refractivity contribution in [3.63, 3.8) is 0 Å². The van der Waals surface area contributed by atoms with Crippen LogP contribution in [-0.2, 0) is 10.0 Å². The molecule has 2 aromatic heterocycles. The third-order valence-electron chi connectivity index (χ3n) is 2.96. The maximum Gasteiger partial charge on any atom is 0.269 e. The minimum atomic E-state index is -3.73. The molecular weight excluding hydrogens is 358 g/mol. The Morgan fingerprint density at radius 1 is 1.19 bits per heavy atom. The second kappa shape index (κ2) is 5.12. The molecule has 2 heterocycles. The van der Waals surface area contributed by atoms with Crippen molar-refractivity contribution in [2.24, 2.45) is 0 Å². The molecule has 0 aliphatic heterocycles. The van der Waals surface area contributed by atoms with Gasteiger partial charge in [0, 0.05) is 6.20 Å². The number of hydrogen-bond donors (Lipinski definition) is 0. The fraction of sp³-hybridized carbons (Fsp3) is 0.0769. The summed E-state index contributed by atoms with van der Waals surface area (Å²) in [5.74, 6) is 0.314. The molecule has 1 aromatic carbocycles. The highest BCUT2D eigenvalue weighted by molar-refractivity contribution is 9.10. The molecule has 0 atom stereocenters. The number of halogens is 1. The van der Waals surface area contributed by atoms with E-state index in [2.05, 4.69) is 25.9 Å². The molecule has 0 aliphatic carbocycles. The Balaban J connectivity index is 2.32. The summed E-state index contributed by atoms with van der Waals surface area (Å²) in [5, 5.41) is 0.513. The lowest BCUT2D eigenvalue weighted by Gasteiger charge is -2.06. The predicted octanol–water partition coefficient (Wildman–Crippen LogP) is 2.44. The van der Waals surface area contributed by atoms with E-state index >= 15 is 0 Å². The molecule has 0 amide bonds. The number of fused-ring (bicyclic) bond motifs is 1. The van der Waals surface area contributed by atoms with E-state index in [9.17, 15) is 8.42 Å². The lowest BCUT2D eigenvalue weighted by molar-refractivity contribution is 0.402. The fourth-order valence-electron chi connectivity index (χ4n) is 2.01. The molecular formula is C13H10BrN3O3S. The molecule has 0 bridgehead atoms. The molecule has 3 aromatic rings. The fourth-order valence-corrected chi connectivity index (χ4v) is 4.04. The summed E-state index contributed by atoms with van der Waals surface area (Å²) in [6, 6.07) is 8.17. The highest BCUT2D eigenvalue weighted by atomic mass is 79.9. The van der Waals surface area contributed by atoms with Gasteiger partial charge in [-0.15, -0.1) is 0 Å². The van der Waals surface area contributed by atoms with Crippen LogP contribution in [0.25, 0.3) is 11.0 Å². The zero-order valence-electron chi connectivity index (χ0n) is 10.9. The van der Waals surface area contributed by atoms with Crippen molar-refractivity contribution in [1.82, 2.24) is 13.9 Å². The van der Waals surface area contributed by atoms with Gasteiger partial charge in [-0.2, -0.15) is 0 Å². The molecule has 6 nitrogen and oxygen atoms in total. The normalized spacial score (nSPS) is 11.7. The first kappa shape index (κ1) is 14.0. The van der Waals surface area contributed by atoms with Crippen molar-refractivity contribution in [2.75, 3.05) is 7.11 Å². The number of hydrogen-bond acceptors (Lipinski definition) is 5. The quantitative estimate of drug-likeness (QED) is 0.710. The summed E-state index contributed by atoms with van der Waals surface area (Å²) < 4.78 is 32.2. The summed E-state index contributed by atoms with van der Waals surface area (Å²) >= 11 is 3.33. The first-order valence-electron chi connectivity index (χ1n) is 5.92. The number of rotatable bonds is 3. The Kier molecular flexibility index (Phi) is 3.42. The van der Waals surface area contributed by atoms with E-state index in [4.69, 9.17) is 4.74 Å². The maximum absolute atomic E-state index is 12.7. The SMILES string of the molecule is COc1ncnc2c1c(Br)cn2S(=O)(=O)c1ccccc1. The van der Waals surface area contributed by atoms with Gasteiger partial charge in [-0.05, 0) is 28.1 Å². The van der Waals surface area contributed by atoms with Gasteiger partial charge in [-0.3, -0.25) is 0 Å². The van der Waals surface area contributed by atoms with Crippen LogP contribution >= 0.6 is 15.9 Å². The van der Waals surface area contributed by atoms with Crippen LogP contribution in [0.15, 0.2) is 52.2 Å². The Bertz CT molecular complexity index is 907. The lowest BCUT2D eigenvalue weighted by Crippen LogP contribution is -2.12. The summed E-state index contributed by atoms with van der Waals surface area (Å²) in [5.41, 5.74) is 0.262. The average molecular weight is 368 g/mol. The first-order valence-corrected chi connectivity index (χ1v) is 8.15. The summed E-state index contributed by atoms with van der Waals surface area (Å²) in [7, 11) is -2.26. The smallest absolute Gasteiger partial charge is 0.269 e. The van der Waals surface area contributed by atoms with Gasteiger partial charge in [0.25, 0.3) is 10.0 Å². The zero-order valence-corrected chi connectivity index (χ0v) is 13.3. The molecule has 0 aliphatic rings. The summed E-state index contributed by atoms with van der Waals surface area (Å²) in [6.07, 6.45) is 2.72. The highest BCUT2D eigenvalue weighted by Gasteiger charge is 2.23. The largest absolute Gasteiger partial charge is 0.480 e. The van der Waals surface area contributed by atoms with Crippen LogP contribution in [0.4, 0.5) is 0 Å². The standard InChI is InChI=1S/C13H10BrN3O3S/c1-20-13-11-10(14)7-17(12(11)15-8-16-13)21(18,19)9-5-3-2-4-6-9/h2-8H,1H3. The van der Waals surface area contributed by atoms with Gasteiger partial charge in [0.05, 0.1) is 21.9 Å². The Morgan fingerprint density at radius 2 is 1.90 bits per heavy atom. The molecule has 21 heavy (non-hydrogen) atoms. The third-order valence-corrected chi connectivity index (χ3v) is 5.23. The zero-order chi connectivity index (χ0) is 15.0. The Labute approximate surface area is 129 Å². The van der Waals surface area contributed by atoms with Crippen molar-refractivity contribution in [3.8, 4) is 5.88 Å². The van der Waals surface area contributed by atoms with E-state index in [1.165, 1.54) is 31.8 Å². The number of methoxy groups -OCH3 is 1. The van der Waals surface area contributed by atoms with Crippen LogP contribution in [0, 0.1) is 0 Å². The number of nitrogens with zero attached hydrogens (tertiary/aromatic N) is 3. The van der Waals surface area contributed by atoms with Crippen LogP contribution in [-0.4, -0.2) is 29.5 Å². The van der Waals surface area contributed by atoms with E-state index in [0.29, 0.717) is 15.7 Å². The van der Waals surface area contributed by atoms with Crippen LogP contribution in [0.5, 0.6) is 5.88 Å². The van der Waals surface area contributed by atoms with Crippen LogP contribution in [0.3, 0.4) is 0 Å².